The molecule has 1 aliphatic rings. The van der Waals surface area contributed by atoms with Gasteiger partial charge in [0.15, 0.2) is 5.69 Å². The van der Waals surface area contributed by atoms with Gasteiger partial charge in [0, 0.05) is 13.2 Å². The molecule has 1 atom stereocenters. The van der Waals surface area contributed by atoms with E-state index >= 15 is 0 Å². The number of esters is 1. The van der Waals surface area contributed by atoms with Crippen molar-refractivity contribution in [1.29, 1.82) is 0 Å². The fraction of sp³-hybridized carbons (Fsp3) is 0.750. The lowest BCUT2D eigenvalue weighted by Crippen LogP contribution is -2.21. The summed E-state index contributed by atoms with van der Waals surface area (Å²) in [5, 5.41) is 6.76. The van der Waals surface area contributed by atoms with Crippen molar-refractivity contribution in [1.82, 2.24) is 15.0 Å². The largest absolute Gasteiger partial charge is 0.461 e. The van der Waals surface area contributed by atoms with Crippen molar-refractivity contribution in [2.24, 2.45) is 0 Å². The molecule has 0 saturated carbocycles. The minimum Gasteiger partial charge on any atom is -0.461 e. The number of halogens is 3. The van der Waals surface area contributed by atoms with Gasteiger partial charge in [-0.1, -0.05) is 5.21 Å². The topological polar surface area (TPSA) is 66.2 Å². The van der Waals surface area contributed by atoms with Gasteiger partial charge >= 0.3 is 12.1 Å². The van der Waals surface area contributed by atoms with Crippen LogP contribution in [0.4, 0.5) is 13.2 Å². The van der Waals surface area contributed by atoms with Crippen molar-refractivity contribution in [2.75, 3.05) is 13.2 Å². The zero-order valence-corrected chi connectivity index (χ0v) is 11.5. The molecule has 1 fully saturated rings. The lowest BCUT2D eigenvalue weighted by atomic mass is 10.2. The second-order valence-electron chi connectivity index (χ2n) is 4.65. The third-order valence-corrected chi connectivity index (χ3v) is 3.16. The highest BCUT2D eigenvalue weighted by Crippen LogP contribution is 2.32. The van der Waals surface area contributed by atoms with Crippen molar-refractivity contribution in [3.05, 3.63) is 11.4 Å². The van der Waals surface area contributed by atoms with Gasteiger partial charge in [0.05, 0.1) is 12.7 Å². The van der Waals surface area contributed by atoms with Gasteiger partial charge in [-0.2, -0.15) is 13.2 Å². The standard InChI is InChI=1S/C12H16F3N3O3/c1-2-20-11(19)9-10(12(13,14)15)18(17-16-9)6-5-8-4-3-7-21-8/h8H,2-7H2,1H3. The van der Waals surface area contributed by atoms with Crippen molar-refractivity contribution in [3.63, 3.8) is 0 Å². The monoisotopic (exact) mass is 307 g/mol. The maximum atomic E-state index is 13.1. The third kappa shape index (κ3) is 3.72. The molecule has 1 saturated heterocycles. The lowest BCUT2D eigenvalue weighted by Gasteiger charge is -2.13. The average molecular weight is 307 g/mol. The summed E-state index contributed by atoms with van der Waals surface area (Å²) in [6, 6.07) is 0. The molecular formula is C12H16F3N3O3. The van der Waals surface area contributed by atoms with E-state index < -0.39 is 23.5 Å². The molecule has 1 aliphatic heterocycles. The highest BCUT2D eigenvalue weighted by atomic mass is 19.4. The van der Waals surface area contributed by atoms with Crippen LogP contribution in [0.3, 0.4) is 0 Å². The molecular weight excluding hydrogens is 291 g/mol. The van der Waals surface area contributed by atoms with Crippen LogP contribution in [-0.2, 0) is 22.2 Å². The molecule has 0 radical (unpaired) electrons. The van der Waals surface area contributed by atoms with Crippen LogP contribution in [0.2, 0.25) is 0 Å². The predicted molar refractivity (Wildman–Crippen MR) is 64.6 cm³/mol. The van der Waals surface area contributed by atoms with Gasteiger partial charge in [-0.15, -0.1) is 5.10 Å². The second-order valence-corrected chi connectivity index (χ2v) is 4.65. The minimum absolute atomic E-state index is 0.00802. The molecule has 0 aliphatic carbocycles. The van der Waals surface area contributed by atoms with Crippen molar-refractivity contribution in [2.45, 2.75) is 45.0 Å². The molecule has 6 nitrogen and oxygen atoms in total. The van der Waals surface area contributed by atoms with Crippen LogP contribution >= 0.6 is 0 Å². The van der Waals surface area contributed by atoms with Crippen molar-refractivity contribution in [3.8, 4) is 0 Å². The fourth-order valence-electron chi connectivity index (χ4n) is 2.23. The van der Waals surface area contributed by atoms with Gasteiger partial charge in [0.1, 0.15) is 0 Å². The van der Waals surface area contributed by atoms with Gasteiger partial charge < -0.3 is 9.47 Å². The van der Waals surface area contributed by atoms with Gasteiger partial charge in [-0.25, -0.2) is 9.48 Å². The van der Waals surface area contributed by atoms with Crippen molar-refractivity contribution < 1.29 is 27.4 Å². The zero-order chi connectivity index (χ0) is 15.5. The number of alkyl halides is 3. The van der Waals surface area contributed by atoms with Gasteiger partial charge in [-0.05, 0) is 26.2 Å². The number of hydrogen-bond donors (Lipinski definition) is 0. The Balaban J connectivity index is 2.18. The number of carbonyl (C=O) groups is 1. The summed E-state index contributed by atoms with van der Waals surface area (Å²) in [5.74, 6) is -1.12. The third-order valence-electron chi connectivity index (χ3n) is 3.16. The molecule has 9 heteroatoms. The first kappa shape index (κ1) is 15.7. The Morgan fingerprint density at radius 3 is 2.86 bits per heavy atom. The molecule has 1 aromatic heterocycles. The second kappa shape index (κ2) is 6.42. The molecule has 2 rings (SSSR count). The number of nitrogens with zero attached hydrogens (tertiary/aromatic N) is 3. The van der Waals surface area contributed by atoms with E-state index in [4.69, 9.17) is 4.74 Å². The van der Waals surface area contributed by atoms with Gasteiger partial charge in [0.25, 0.3) is 0 Å². The van der Waals surface area contributed by atoms with Gasteiger partial charge in [0.2, 0.25) is 5.69 Å². The molecule has 0 bridgehead atoms. The normalized spacial score (nSPS) is 19.0. The van der Waals surface area contributed by atoms with Crippen LogP contribution in [0, 0.1) is 0 Å². The quantitative estimate of drug-likeness (QED) is 0.779. The van der Waals surface area contributed by atoms with Crippen LogP contribution in [0.15, 0.2) is 0 Å². The molecule has 1 aromatic rings. The number of aryl methyl sites for hydroxylation is 1. The van der Waals surface area contributed by atoms with Crippen LogP contribution in [0.5, 0.6) is 0 Å². The molecule has 1 unspecified atom stereocenters. The first-order valence-corrected chi connectivity index (χ1v) is 6.73. The lowest BCUT2D eigenvalue weighted by molar-refractivity contribution is -0.145. The Kier molecular flexibility index (Phi) is 4.81. The average Bonchev–Trinajstić information content (AvgIpc) is 3.05. The molecule has 0 N–H and O–H groups in total. The SMILES string of the molecule is CCOC(=O)c1nnn(CCC2CCCO2)c1C(F)(F)F. The van der Waals surface area contributed by atoms with E-state index in [9.17, 15) is 18.0 Å². The van der Waals surface area contributed by atoms with E-state index in [0.29, 0.717) is 17.7 Å². The summed E-state index contributed by atoms with van der Waals surface area (Å²) in [4.78, 5) is 11.5. The van der Waals surface area contributed by atoms with Crippen LogP contribution in [0.25, 0.3) is 0 Å². The Labute approximate surface area is 119 Å². The summed E-state index contributed by atoms with van der Waals surface area (Å²) in [6.45, 7) is 2.10. The molecule has 0 amide bonds. The molecule has 118 valence electrons. The Bertz CT molecular complexity index is 496. The molecule has 0 spiro atoms. The number of rotatable bonds is 5. The van der Waals surface area contributed by atoms with E-state index in [-0.39, 0.29) is 19.3 Å². The van der Waals surface area contributed by atoms with Crippen molar-refractivity contribution >= 4 is 5.97 Å². The van der Waals surface area contributed by atoms with Gasteiger partial charge in [-0.3, -0.25) is 0 Å². The maximum Gasteiger partial charge on any atom is 0.435 e. The number of aromatic nitrogens is 3. The number of carbonyl (C=O) groups excluding carboxylic acids is 1. The van der Waals surface area contributed by atoms with E-state index in [0.717, 1.165) is 12.8 Å². The first-order chi connectivity index (χ1) is 9.93. The van der Waals surface area contributed by atoms with Crippen LogP contribution < -0.4 is 0 Å². The zero-order valence-electron chi connectivity index (χ0n) is 11.5. The van der Waals surface area contributed by atoms with Crippen LogP contribution in [-0.4, -0.2) is 40.3 Å². The fourth-order valence-corrected chi connectivity index (χ4v) is 2.23. The number of hydrogen-bond acceptors (Lipinski definition) is 5. The van der Waals surface area contributed by atoms with Crippen LogP contribution in [0.1, 0.15) is 42.4 Å². The van der Waals surface area contributed by atoms with E-state index in [1.165, 1.54) is 6.92 Å². The summed E-state index contributed by atoms with van der Waals surface area (Å²) >= 11 is 0. The van der Waals surface area contributed by atoms with E-state index in [1.807, 2.05) is 0 Å². The summed E-state index contributed by atoms with van der Waals surface area (Å²) in [7, 11) is 0. The minimum atomic E-state index is -4.72. The highest BCUT2D eigenvalue weighted by molar-refractivity contribution is 5.88. The number of ether oxygens (including phenoxy) is 2. The van der Waals surface area contributed by atoms with E-state index in [1.54, 1.807) is 0 Å². The van der Waals surface area contributed by atoms with E-state index in [2.05, 4.69) is 15.0 Å². The molecule has 21 heavy (non-hydrogen) atoms. The first-order valence-electron chi connectivity index (χ1n) is 6.73. The summed E-state index contributed by atoms with van der Waals surface area (Å²) in [5.41, 5.74) is -1.96. The highest BCUT2D eigenvalue weighted by Gasteiger charge is 2.42. The summed E-state index contributed by atoms with van der Waals surface area (Å²) in [6.07, 6.45) is -2.67. The maximum absolute atomic E-state index is 13.1. The predicted octanol–water partition coefficient (Wildman–Crippen LogP) is 2.04. The molecule has 0 aromatic carbocycles. The molecule has 2 heterocycles. The smallest absolute Gasteiger partial charge is 0.435 e. The Morgan fingerprint density at radius 2 is 2.29 bits per heavy atom. The Hall–Kier alpha value is -1.64. The summed E-state index contributed by atoms with van der Waals surface area (Å²) < 4.78 is 49.9. The Morgan fingerprint density at radius 1 is 1.52 bits per heavy atom.